The van der Waals surface area contributed by atoms with Gasteiger partial charge >= 0.3 is 5.97 Å². The Hall–Kier alpha value is -2.95. The van der Waals surface area contributed by atoms with Gasteiger partial charge in [-0.1, -0.05) is 42.5 Å². The highest BCUT2D eigenvalue weighted by atomic mass is 19.1. The van der Waals surface area contributed by atoms with Crippen LogP contribution < -0.4 is 5.32 Å². The van der Waals surface area contributed by atoms with Crippen LogP contribution in [-0.4, -0.2) is 11.9 Å². The van der Waals surface area contributed by atoms with E-state index in [1.54, 1.807) is 12.1 Å². The summed E-state index contributed by atoms with van der Waals surface area (Å²) in [5.74, 6) is -1.39. The molecule has 0 aromatic heterocycles. The van der Waals surface area contributed by atoms with Gasteiger partial charge in [-0.25, -0.2) is 9.18 Å². The van der Waals surface area contributed by atoms with Crippen molar-refractivity contribution in [3.8, 4) is 0 Å². The van der Waals surface area contributed by atoms with Crippen LogP contribution in [0.1, 0.15) is 18.1 Å². The topological polar surface area (TPSA) is 55.4 Å². The molecule has 0 fully saturated rings. The molecule has 1 amide bonds. The number of halogens is 1. The molecule has 2 aromatic rings. The number of hydrogen-bond acceptors (Lipinski definition) is 3. The van der Waals surface area contributed by atoms with Crippen molar-refractivity contribution < 1.29 is 18.7 Å². The molecule has 0 heterocycles. The molecule has 0 unspecified atom stereocenters. The van der Waals surface area contributed by atoms with Gasteiger partial charge in [-0.2, -0.15) is 0 Å². The maximum Gasteiger partial charge on any atom is 0.355 e. The van der Waals surface area contributed by atoms with Crippen molar-refractivity contribution in [1.82, 2.24) is 5.32 Å². The van der Waals surface area contributed by atoms with Crippen LogP contribution in [0.25, 0.3) is 6.08 Å². The van der Waals surface area contributed by atoms with E-state index in [-0.39, 0.29) is 24.0 Å². The number of nitrogens with one attached hydrogen (secondary N) is 1. The SMILES string of the molecule is CC(=O)NC(=Cc1ccccc1)C(=O)OCc1ccc(F)cc1. The van der Waals surface area contributed by atoms with Crippen molar-refractivity contribution >= 4 is 18.0 Å². The second-order valence-electron chi connectivity index (χ2n) is 4.85. The van der Waals surface area contributed by atoms with Crippen molar-refractivity contribution in [3.05, 3.63) is 77.2 Å². The number of benzene rings is 2. The van der Waals surface area contributed by atoms with Crippen LogP contribution in [0.4, 0.5) is 4.39 Å². The molecule has 4 nitrogen and oxygen atoms in total. The first-order chi connectivity index (χ1) is 11.0. The van der Waals surface area contributed by atoms with Gasteiger partial charge in [-0.3, -0.25) is 4.79 Å². The fraction of sp³-hybridized carbons (Fsp3) is 0.111. The summed E-state index contributed by atoms with van der Waals surface area (Å²) in [6.07, 6.45) is 1.54. The van der Waals surface area contributed by atoms with Gasteiger partial charge in [0.2, 0.25) is 5.91 Å². The molecule has 5 heteroatoms. The van der Waals surface area contributed by atoms with Crippen LogP contribution in [-0.2, 0) is 20.9 Å². The summed E-state index contributed by atoms with van der Waals surface area (Å²) in [6.45, 7) is 1.30. The number of rotatable bonds is 5. The molecule has 0 aliphatic carbocycles. The number of carbonyl (C=O) groups excluding carboxylic acids is 2. The molecule has 0 aliphatic rings. The van der Waals surface area contributed by atoms with E-state index in [4.69, 9.17) is 4.74 Å². The van der Waals surface area contributed by atoms with E-state index in [0.29, 0.717) is 5.56 Å². The lowest BCUT2D eigenvalue weighted by Crippen LogP contribution is -2.26. The largest absolute Gasteiger partial charge is 0.456 e. The Morgan fingerprint density at radius 1 is 1.09 bits per heavy atom. The van der Waals surface area contributed by atoms with E-state index in [1.165, 1.54) is 37.3 Å². The molecular formula is C18H16FNO3. The molecule has 0 radical (unpaired) electrons. The second-order valence-corrected chi connectivity index (χ2v) is 4.85. The normalized spacial score (nSPS) is 11.0. The number of amides is 1. The van der Waals surface area contributed by atoms with Gasteiger partial charge in [0.1, 0.15) is 18.1 Å². The van der Waals surface area contributed by atoms with E-state index >= 15 is 0 Å². The van der Waals surface area contributed by atoms with E-state index in [0.717, 1.165) is 5.56 Å². The Morgan fingerprint density at radius 2 is 1.74 bits per heavy atom. The Kier molecular flexibility index (Phi) is 5.63. The van der Waals surface area contributed by atoms with Crippen LogP contribution in [0.5, 0.6) is 0 Å². The molecule has 0 bridgehead atoms. The minimum absolute atomic E-state index is 0.00910. The molecule has 23 heavy (non-hydrogen) atoms. The van der Waals surface area contributed by atoms with Crippen molar-refractivity contribution in [3.63, 3.8) is 0 Å². The molecule has 0 spiro atoms. The molecule has 0 saturated carbocycles. The van der Waals surface area contributed by atoms with Gasteiger partial charge in [0.05, 0.1) is 0 Å². The van der Waals surface area contributed by atoms with E-state index < -0.39 is 5.97 Å². The van der Waals surface area contributed by atoms with Crippen LogP contribution in [0.2, 0.25) is 0 Å². The lowest BCUT2D eigenvalue weighted by molar-refractivity contribution is -0.141. The van der Waals surface area contributed by atoms with Crippen LogP contribution in [0.3, 0.4) is 0 Å². The number of ether oxygens (including phenoxy) is 1. The molecule has 118 valence electrons. The number of carbonyl (C=O) groups is 2. The van der Waals surface area contributed by atoms with Gasteiger partial charge < -0.3 is 10.1 Å². The fourth-order valence-corrected chi connectivity index (χ4v) is 1.86. The Morgan fingerprint density at radius 3 is 2.35 bits per heavy atom. The van der Waals surface area contributed by atoms with Crippen molar-refractivity contribution in [1.29, 1.82) is 0 Å². The molecule has 2 rings (SSSR count). The summed E-state index contributed by atoms with van der Waals surface area (Å²) in [6, 6.07) is 14.7. The summed E-state index contributed by atoms with van der Waals surface area (Å²) >= 11 is 0. The molecule has 0 atom stereocenters. The van der Waals surface area contributed by atoms with Crippen molar-refractivity contribution in [2.75, 3.05) is 0 Å². The molecular weight excluding hydrogens is 297 g/mol. The lowest BCUT2D eigenvalue weighted by atomic mass is 10.2. The average Bonchev–Trinajstić information content (AvgIpc) is 2.54. The Labute approximate surface area is 133 Å². The molecule has 0 saturated heterocycles. The Balaban J connectivity index is 2.09. The average molecular weight is 313 g/mol. The zero-order valence-electron chi connectivity index (χ0n) is 12.6. The monoisotopic (exact) mass is 313 g/mol. The van der Waals surface area contributed by atoms with Gasteiger partial charge in [0.25, 0.3) is 0 Å². The zero-order valence-corrected chi connectivity index (χ0v) is 12.6. The first kappa shape index (κ1) is 16.4. The predicted molar refractivity (Wildman–Crippen MR) is 84.4 cm³/mol. The summed E-state index contributed by atoms with van der Waals surface area (Å²) in [5.41, 5.74) is 1.46. The lowest BCUT2D eigenvalue weighted by Gasteiger charge is -2.09. The van der Waals surface area contributed by atoms with E-state index in [2.05, 4.69) is 5.32 Å². The summed E-state index contributed by atoms with van der Waals surface area (Å²) in [4.78, 5) is 23.4. The molecule has 2 aromatic carbocycles. The summed E-state index contributed by atoms with van der Waals surface area (Å²) in [7, 11) is 0. The number of esters is 1. The van der Waals surface area contributed by atoms with E-state index in [9.17, 15) is 14.0 Å². The number of hydrogen-bond donors (Lipinski definition) is 1. The zero-order chi connectivity index (χ0) is 16.7. The van der Waals surface area contributed by atoms with Gasteiger partial charge in [-0.15, -0.1) is 0 Å². The standard InChI is InChI=1S/C18H16FNO3/c1-13(21)20-17(11-14-5-3-2-4-6-14)18(22)23-12-15-7-9-16(19)10-8-15/h2-11H,12H2,1H3,(H,20,21). The van der Waals surface area contributed by atoms with Gasteiger partial charge in [0, 0.05) is 6.92 Å². The van der Waals surface area contributed by atoms with Crippen LogP contribution in [0.15, 0.2) is 60.3 Å². The first-order valence-corrected chi connectivity index (χ1v) is 7.00. The second kappa shape index (κ2) is 7.89. The quantitative estimate of drug-likeness (QED) is 0.682. The highest BCUT2D eigenvalue weighted by molar-refractivity contribution is 5.97. The first-order valence-electron chi connectivity index (χ1n) is 7.00. The van der Waals surface area contributed by atoms with Crippen molar-refractivity contribution in [2.24, 2.45) is 0 Å². The summed E-state index contributed by atoms with van der Waals surface area (Å²) < 4.78 is 18.0. The van der Waals surface area contributed by atoms with Gasteiger partial charge in [0.15, 0.2) is 0 Å². The summed E-state index contributed by atoms with van der Waals surface area (Å²) in [5, 5.41) is 2.46. The minimum Gasteiger partial charge on any atom is -0.456 e. The fourth-order valence-electron chi connectivity index (χ4n) is 1.86. The minimum atomic E-state index is -0.659. The third-order valence-electron chi connectivity index (χ3n) is 2.92. The van der Waals surface area contributed by atoms with Gasteiger partial charge in [-0.05, 0) is 29.3 Å². The van der Waals surface area contributed by atoms with Crippen molar-refractivity contribution in [2.45, 2.75) is 13.5 Å². The smallest absolute Gasteiger partial charge is 0.355 e. The maximum atomic E-state index is 12.8. The highest BCUT2D eigenvalue weighted by Gasteiger charge is 2.13. The van der Waals surface area contributed by atoms with Crippen LogP contribution >= 0.6 is 0 Å². The third kappa shape index (κ3) is 5.39. The maximum absolute atomic E-state index is 12.8. The highest BCUT2D eigenvalue weighted by Crippen LogP contribution is 2.09. The Bertz CT molecular complexity index is 709. The third-order valence-corrected chi connectivity index (χ3v) is 2.92. The van der Waals surface area contributed by atoms with Crippen LogP contribution in [0, 0.1) is 5.82 Å². The molecule has 1 N–H and O–H groups in total. The predicted octanol–water partition coefficient (Wildman–Crippen LogP) is 3.05. The van der Waals surface area contributed by atoms with E-state index in [1.807, 2.05) is 18.2 Å². The molecule has 0 aliphatic heterocycles.